The van der Waals surface area contributed by atoms with Crippen molar-refractivity contribution in [2.24, 2.45) is 5.92 Å². The molecule has 1 fully saturated rings. The van der Waals surface area contributed by atoms with E-state index >= 15 is 0 Å². The quantitative estimate of drug-likeness (QED) is 0.875. The summed E-state index contributed by atoms with van der Waals surface area (Å²) in [6.45, 7) is 4.61. The van der Waals surface area contributed by atoms with Gasteiger partial charge in [0.2, 0.25) is 0 Å². The molecule has 1 heterocycles. The van der Waals surface area contributed by atoms with Crippen LogP contribution >= 0.6 is 0 Å². The molecule has 0 spiro atoms. The number of carbonyl (C=O) groups is 1. The smallest absolute Gasteiger partial charge is 0.254 e. The number of pyridine rings is 1. The molecule has 0 saturated heterocycles. The first-order chi connectivity index (χ1) is 10.2. The predicted molar refractivity (Wildman–Crippen MR) is 81.9 cm³/mol. The van der Waals surface area contributed by atoms with Crippen molar-refractivity contribution in [1.82, 2.24) is 10.3 Å². The third kappa shape index (κ3) is 3.93. The summed E-state index contributed by atoms with van der Waals surface area (Å²) in [7, 11) is 0. The summed E-state index contributed by atoms with van der Waals surface area (Å²) in [6, 6.07) is 1.59. The van der Waals surface area contributed by atoms with E-state index in [0.29, 0.717) is 12.5 Å². The van der Waals surface area contributed by atoms with E-state index in [-0.39, 0.29) is 23.3 Å². The van der Waals surface area contributed by atoms with Crippen molar-refractivity contribution in [2.45, 2.75) is 52.0 Å². The zero-order valence-corrected chi connectivity index (χ0v) is 12.8. The summed E-state index contributed by atoms with van der Waals surface area (Å²) in [4.78, 5) is 16.2. The number of anilines is 1. The highest BCUT2D eigenvalue weighted by Crippen LogP contribution is 2.27. The molecule has 21 heavy (non-hydrogen) atoms. The minimum absolute atomic E-state index is 0.0690. The molecule has 1 aliphatic rings. The van der Waals surface area contributed by atoms with Crippen LogP contribution in [-0.4, -0.2) is 23.5 Å². The summed E-state index contributed by atoms with van der Waals surface area (Å²) in [5.41, 5.74) is 0.0690. The molecule has 1 amide bonds. The van der Waals surface area contributed by atoms with Gasteiger partial charge in [0.1, 0.15) is 0 Å². The second-order valence-electron chi connectivity index (χ2n) is 5.66. The molecule has 5 heteroatoms. The molecule has 0 aliphatic heterocycles. The summed E-state index contributed by atoms with van der Waals surface area (Å²) in [5.74, 6) is -0.0978. The number of halogens is 1. The fourth-order valence-corrected chi connectivity index (χ4v) is 2.97. The monoisotopic (exact) mass is 293 g/mol. The lowest BCUT2D eigenvalue weighted by molar-refractivity contribution is 0.0915. The van der Waals surface area contributed by atoms with Crippen molar-refractivity contribution in [1.29, 1.82) is 0 Å². The Kier molecular flexibility index (Phi) is 5.53. The van der Waals surface area contributed by atoms with Gasteiger partial charge >= 0.3 is 0 Å². The van der Waals surface area contributed by atoms with Gasteiger partial charge in [-0.05, 0) is 31.7 Å². The second kappa shape index (κ2) is 7.38. The number of amides is 1. The zero-order valence-electron chi connectivity index (χ0n) is 12.8. The Bertz CT molecular complexity index is 492. The normalized spacial score (nSPS) is 21.9. The third-order valence-corrected chi connectivity index (χ3v) is 4.17. The van der Waals surface area contributed by atoms with E-state index in [0.717, 1.165) is 25.7 Å². The van der Waals surface area contributed by atoms with Gasteiger partial charge in [0, 0.05) is 18.8 Å². The highest BCUT2D eigenvalue weighted by molar-refractivity contribution is 5.95. The molecular weight excluding hydrogens is 269 g/mol. The lowest BCUT2D eigenvalue weighted by Crippen LogP contribution is -2.38. The molecule has 0 radical (unpaired) electrons. The lowest BCUT2D eigenvalue weighted by Gasteiger charge is -2.29. The number of rotatable bonds is 5. The van der Waals surface area contributed by atoms with Gasteiger partial charge in [-0.1, -0.05) is 26.2 Å². The largest absolute Gasteiger partial charge is 0.368 e. The Hall–Kier alpha value is -1.65. The van der Waals surface area contributed by atoms with Gasteiger partial charge < -0.3 is 10.6 Å². The first-order valence-corrected chi connectivity index (χ1v) is 7.84. The number of aromatic nitrogens is 1. The molecule has 2 N–H and O–H groups in total. The zero-order chi connectivity index (χ0) is 15.2. The van der Waals surface area contributed by atoms with Crippen molar-refractivity contribution in [2.75, 3.05) is 11.9 Å². The molecule has 0 bridgehead atoms. The van der Waals surface area contributed by atoms with Gasteiger partial charge in [-0.15, -0.1) is 0 Å². The second-order valence-corrected chi connectivity index (χ2v) is 5.66. The Morgan fingerprint density at radius 1 is 1.43 bits per heavy atom. The van der Waals surface area contributed by atoms with Crippen molar-refractivity contribution in [3.8, 4) is 0 Å². The van der Waals surface area contributed by atoms with Crippen LogP contribution in [0, 0.1) is 11.7 Å². The average molecular weight is 293 g/mol. The third-order valence-electron chi connectivity index (χ3n) is 4.17. The minimum atomic E-state index is -0.570. The molecule has 116 valence electrons. The van der Waals surface area contributed by atoms with Gasteiger partial charge in [0.15, 0.2) is 11.6 Å². The van der Waals surface area contributed by atoms with E-state index in [1.165, 1.54) is 18.7 Å². The maximum atomic E-state index is 14.2. The Morgan fingerprint density at radius 3 is 2.95 bits per heavy atom. The summed E-state index contributed by atoms with van der Waals surface area (Å²) in [5, 5.41) is 5.80. The number of hydrogen-bond donors (Lipinski definition) is 2. The van der Waals surface area contributed by atoms with Gasteiger partial charge in [0.25, 0.3) is 5.91 Å². The van der Waals surface area contributed by atoms with E-state index in [1.807, 2.05) is 6.92 Å². The minimum Gasteiger partial charge on any atom is -0.368 e. The van der Waals surface area contributed by atoms with Gasteiger partial charge in [0.05, 0.1) is 5.56 Å². The van der Waals surface area contributed by atoms with Crippen LogP contribution in [0.2, 0.25) is 0 Å². The fourth-order valence-electron chi connectivity index (χ4n) is 2.97. The molecule has 1 aromatic heterocycles. The number of nitrogens with zero attached hydrogens (tertiary/aromatic N) is 1. The predicted octanol–water partition coefficient (Wildman–Crippen LogP) is 3.35. The van der Waals surface area contributed by atoms with Crippen LogP contribution < -0.4 is 10.6 Å². The van der Waals surface area contributed by atoms with E-state index in [1.54, 1.807) is 0 Å². The summed E-state index contributed by atoms with van der Waals surface area (Å²) >= 11 is 0. The summed E-state index contributed by atoms with van der Waals surface area (Å²) < 4.78 is 14.2. The molecule has 1 aromatic rings. The maximum Gasteiger partial charge on any atom is 0.254 e. The molecule has 4 nitrogen and oxygen atoms in total. The van der Waals surface area contributed by atoms with Crippen LogP contribution in [0.25, 0.3) is 0 Å². The topological polar surface area (TPSA) is 54.0 Å². The van der Waals surface area contributed by atoms with Crippen LogP contribution in [0.1, 0.15) is 56.3 Å². The van der Waals surface area contributed by atoms with E-state index in [4.69, 9.17) is 0 Å². The van der Waals surface area contributed by atoms with E-state index in [2.05, 4.69) is 22.5 Å². The summed E-state index contributed by atoms with van der Waals surface area (Å²) in [6.07, 6.45) is 6.94. The first kappa shape index (κ1) is 15.7. The van der Waals surface area contributed by atoms with Crippen LogP contribution in [0.4, 0.5) is 10.2 Å². The molecule has 1 saturated carbocycles. The average Bonchev–Trinajstić information content (AvgIpc) is 2.49. The first-order valence-electron chi connectivity index (χ1n) is 7.84. The molecule has 0 aromatic carbocycles. The maximum absolute atomic E-state index is 14.2. The van der Waals surface area contributed by atoms with Gasteiger partial charge in [-0.2, -0.15) is 0 Å². The van der Waals surface area contributed by atoms with Crippen molar-refractivity contribution < 1.29 is 9.18 Å². The van der Waals surface area contributed by atoms with Crippen LogP contribution in [0.15, 0.2) is 12.3 Å². The Labute approximate surface area is 125 Å². The molecule has 2 atom stereocenters. The fraction of sp³-hybridized carbons (Fsp3) is 0.625. The van der Waals surface area contributed by atoms with Crippen molar-refractivity contribution in [3.63, 3.8) is 0 Å². The van der Waals surface area contributed by atoms with Crippen LogP contribution in [0.5, 0.6) is 0 Å². The lowest BCUT2D eigenvalue weighted by atomic mass is 9.84. The Morgan fingerprint density at radius 2 is 2.24 bits per heavy atom. The Balaban J connectivity index is 2.04. The molecule has 1 aliphatic carbocycles. The standard InChI is InChI=1S/C16H24FN3O/c1-3-11-6-5-7-12(10-11)20-16(21)13-8-9-19-15(14(13)17)18-4-2/h8-9,11-12H,3-7,10H2,1-2H3,(H,18,19)(H,20,21). The number of nitrogens with one attached hydrogen (secondary N) is 2. The van der Waals surface area contributed by atoms with Crippen molar-refractivity contribution >= 4 is 11.7 Å². The van der Waals surface area contributed by atoms with E-state index in [9.17, 15) is 9.18 Å². The number of hydrogen-bond acceptors (Lipinski definition) is 3. The molecule has 2 unspecified atom stereocenters. The molecule has 2 rings (SSSR count). The van der Waals surface area contributed by atoms with Crippen molar-refractivity contribution in [3.05, 3.63) is 23.6 Å². The van der Waals surface area contributed by atoms with Crippen LogP contribution in [0.3, 0.4) is 0 Å². The SMILES string of the molecule is CCNc1nccc(C(=O)NC2CCCC(CC)C2)c1F. The van der Waals surface area contributed by atoms with Crippen LogP contribution in [-0.2, 0) is 0 Å². The molecular formula is C16H24FN3O. The van der Waals surface area contributed by atoms with Gasteiger partial charge in [-0.25, -0.2) is 9.37 Å². The van der Waals surface area contributed by atoms with E-state index < -0.39 is 5.82 Å². The number of carbonyl (C=O) groups excluding carboxylic acids is 1. The highest BCUT2D eigenvalue weighted by Gasteiger charge is 2.24. The van der Waals surface area contributed by atoms with Gasteiger partial charge in [-0.3, -0.25) is 4.79 Å². The highest BCUT2D eigenvalue weighted by atomic mass is 19.1.